The number of methoxy groups -OCH3 is 1. The highest BCUT2D eigenvalue weighted by Crippen LogP contribution is 2.34. The number of hydrogen-bond donors (Lipinski definition) is 0. The van der Waals surface area contributed by atoms with Crippen LogP contribution < -0.4 is 0 Å². The molecule has 0 aromatic carbocycles. The predicted octanol–water partition coefficient (Wildman–Crippen LogP) is 1.48. The highest BCUT2D eigenvalue weighted by atomic mass is 16.6. The van der Waals surface area contributed by atoms with Gasteiger partial charge < -0.3 is 9.47 Å². The molecular weight excluding hydrogens is 246 g/mol. The van der Waals surface area contributed by atoms with Gasteiger partial charge in [0.25, 0.3) is 0 Å². The molecule has 4 atom stereocenters. The van der Waals surface area contributed by atoms with Crippen LogP contribution in [0, 0.1) is 5.92 Å². The van der Waals surface area contributed by atoms with Crippen LogP contribution in [0.25, 0.3) is 0 Å². The maximum Gasteiger partial charge on any atom is 0.236 e. The quantitative estimate of drug-likeness (QED) is 0.727. The standard InChI is InChI=1S/C14H21NO4/c1-5-11-9(3)13(18-4)14(19-11)15-7-8(2)10(16)6-12(15)17/h7,9,11,13-14H,5-6H2,1-4H3/t9-,11-,13-,14-/m1/s1. The minimum Gasteiger partial charge on any atom is -0.376 e. The van der Waals surface area contributed by atoms with Crippen LogP contribution in [0.2, 0.25) is 0 Å². The molecule has 0 spiro atoms. The van der Waals surface area contributed by atoms with Crippen molar-refractivity contribution in [2.75, 3.05) is 7.11 Å². The molecule has 5 nitrogen and oxygen atoms in total. The van der Waals surface area contributed by atoms with Gasteiger partial charge in [0.05, 0.1) is 12.5 Å². The lowest BCUT2D eigenvalue weighted by Gasteiger charge is -2.31. The molecule has 5 heteroatoms. The fourth-order valence-electron chi connectivity index (χ4n) is 2.81. The second-order valence-corrected chi connectivity index (χ2v) is 5.25. The Morgan fingerprint density at radius 2 is 2.16 bits per heavy atom. The van der Waals surface area contributed by atoms with E-state index in [0.717, 1.165) is 6.42 Å². The van der Waals surface area contributed by atoms with E-state index in [9.17, 15) is 9.59 Å². The molecule has 0 aliphatic carbocycles. The van der Waals surface area contributed by atoms with Crippen LogP contribution in [-0.2, 0) is 19.1 Å². The Labute approximate surface area is 113 Å². The summed E-state index contributed by atoms with van der Waals surface area (Å²) in [5.41, 5.74) is 0.589. The summed E-state index contributed by atoms with van der Waals surface area (Å²) < 4.78 is 11.4. The molecule has 0 N–H and O–H groups in total. The number of hydrogen-bond acceptors (Lipinski definition) is 4. The van der Waals surface area contributed by atoms with Crippen molar-refractivity contribution in [3.63, 3.8) is 0 Å². The smallest absolute Gasteiger partial charge is 0.236 e. The number of amides is 1. The fraction of sp³-hybridized carbons (Fsp3) is 0.714. The van der Waals surface area contributed by atoms with Crippen LogP contribution in [0.5, 0.6) is 0 Å². The van der Waals surface area contributed by atoms with Gasteiger partial charge in [-0.2, -0.15) is 0 Å². The Morgan fingerprint density at radius 3 is 2.74 bits per heavy atom. The summed E-state index contributed by atoms with van der Waals surface area (Å²) >= 11 is 0. The number of nitrogens with zero attached hydrogens (tertiary/aromatic N) is 1. The molecule has 0 aromatic rings. The first kappa shape index (κ1) is 14.2. The van der Waals surface area contributed by atoms with Crippen molar-refractivity contribution in [2.24, 2.45) is 5.92 Å². The lowest BCUT2D eigenvalue weighted by molar-refractivity contribution is -0.149. The van der Waals surface area contributed by atoms with Crippen LogP contribution in [0.4, 0.5) is 0 Å². The summed E-state index contributed by atoms with van der Waals surface area (Å²) in [7, 11) is 1.63. The fourth-order valence-corrected chi connectivity index (χ4v) is 2.81. The first-order chi connectivity index (χ1) is 8.99. The highest BCUT2D eigenvalue weighted by Gasteiger charge is 2.46. The van der Waals surface area contributed by atoms with Crippen molar-refractivity contribution in [3.8, 4) is 0 Å². The zero-order chi connectivity index (χ0) is 14.2. The SMILES string of the molecule is CC[C@H]1O[C@@H](N2C=C(C)C(=O)CC2=O)[C@H](OC)[C@@H]1C. The van der Waals surface area contributed by atoms with E-state index >= 15 is 0 Å². The van der Waals surface area contributed by atoms with Gasteiger partial charge in [-0.15, -0.1) is 0 Å². The molecule has 1 amide bonds. The third-order valence-electron chi connectivity index (χ3n) is 4.02. The topological polar surface area (TPSA) is 55.8 Å². The normalized spacial score (nSPS) is 35.8. The van der Waals surface area contributed by atoms with Crippen molar-refractivity contribution < 1.29 is 19.1 Å². The number of ketones is 1. The van der Waals surface area contributed by atoms with Crippen molar-refractivity contribution in [3.05, 3.63) is 11.8 Å². The van der Waals surface area contributed by atoms with E-state index in [4.69, 9.17) is 9.47 Å². The van der Waals surface area contributed by atoms with Crippen LogP contribution in [0.3, 0.4) is 0 Å². The molecule has 0 radical (unpaired) electrons. The Kier molecular flexibility index (Phi) is 4.06. The number of carbonyl (C=O) groups excluding carboxylic acids is 2. The lowest BCUT2D eigenvalue weighted by atomic mass is 9.97. The van der Waals surface area contributed by atoms with Gasteiger partial charge in [0, 0.05) is 24.8 Å². The monoisotopic (exact) mass is 267 g/mol. The van der Waals surface area contributed by atoms with E-state index in [1.54, 1.807) is 20.2 Å². The van der Waals surface area contributed by atoms with E-state index in [0.29, 0.717) is 5.57 Å². The second kappa shape index (κ2) is 5.43. The van der Waals surface area contributed by atoms with E-state index in [1.807, 2.05) is 0 Å². The van der Waals surface area contributed by atoms with Crippen molar-refractivity contribution in [1.82, 2.24) is 4.90 Å². The first-order valence-corrected chi connectivity index (χ1v) is 6.70. The summed E-state index contributed by atoms with van der Waals surface area (Å²) in [5, 5.41) is 0. The molecule has 0 bridgehead atoms. The zero-order valence-corrected chi connectivity index (χ0v) is 11.9. The lowest BCUT2D eigenvalue weighted by Crippen LogP contribution is -2.46. The Hall–Kier alpha value is -1.20. The molecule has 2 rings (SSSR count). The van der Waals surface area contributed by atoms with E-state index in [2.05, 4.69) is 13.8 Å². The molecule has 0 saturated carbocycles. The summed E-state index contributed by atoms with van der Waals surface area (Å²) in [5.74, 6) is -0.112. The van der Waals surface area contributed by atoms with Crippen LogP contribution in [-0.4, -0.2) is 42.1 Å². The van der Waals surface area contributed by atoms with Crippen LogP contribution >= 0.6 is 0 Å². The molecule has 2 heterocycles. The van der Waals surface area contributed by atoms with E-state index in [1.165, 1.54) is 4.90 Å². The number of Topliss-reactive ketones (excluding diaryl/α,β-unsaturated/α-hetero) is 1. The summed E-state index contributed by atoms with van der Waals surface area (Å²) in [6, 6.07) is 0. The average molecular weight is 267 g/mol. The zero-order valence-electron chi connectivity index (χ0n) is 11.9. The van der Waals surface area contributed by atoms with Crippen molar-refractivity contribution in [1.29, 1.82) is 0 Å². The third kappa shape index (κ3) is 2.44. The Balaban J connectivity index is 2.25. The van der Waals surface area contributed by atoms with Crippen LogP contribution in [0.1, 0.15) is 33.6 Å². The maximum absolute atomic E-state index is 12.0. The number of ether oxygens (including phenoxy) is 2. The molecule has 0 unspecified atom stereocenters. The second-order valence-electron chi connectivity index (χ2n) is 5.25. The molecular formula is C14H21NO4. The van der Waals surface area contributed by atoms with Gasteiger partial charge in [-0.1, -0.05) is 13.8 Å². The van der Waals surface area contributed by atoms with Crippen molar-refractivity contribution in [2.45, 2.75) is 52.0 Å². The summed E-state index contributed by atoms with van der Waals surface area (Å²) in [6.07, 6.45) is 1.88. The average Bonchev–Trinajstić information content (AvgIpc) is 2.70. The molecule has 2 aliphatic rings. The van der Waals surface area contributed by atoms with Gasteiger partial charge >= 0.3 is 0 Å². The van der Waals surface area contributed by atoms with Crippen LogP contribution in [0.15, 0.2) is 11.8 Å². The number of allylic oxidation sites excluding steroid dienone is 1. The van der Waals surface area contributed by atoms with Gasteiger partial charge in [-0.25, -0.2) is 0 Å². The minimum absolute atomic E-state index is 0.0779. The van der Waals surface area contributed by atoms with Gasteiger partial charge in [0.15, 0.2) is 12.0 Å². The molecule has 1 fully saturated rings. The highest BCUT2D eigenvalue weighted by molar-refractivity contribution is 6.09. The molecule has 0 aromatic heterocycles. The molecule has 1 saturated heterocycles. The maximum atomic E-state index is 12.0. The molecule has 2 aliphatic heterocycles. The van der Waals surface area contributed by atoms with E-state index < -0.39 is 6.23 Å². The molecule has 19 heavy (non-hydrogen) atoms. The third-order valence-corrected chi connectivity index (χ3v) is 4.02. The predicted molar refractivity (Wildman–Crippen MR) is 69.1 cm³/mol. The van der Waals surface area contributed by atoms with Crippen molar-refractivity contribution >= 4 is 11.7 Å². The number of carbonyl (C=O) groups is 2. The minimum atomic E-state index is -0.430. The Morgan fingerprint density at radius 1 is 1.47 bits per heavy atom. The van der Waals surface area contributed by atoms with Gasteiger partial charge in [0.1, 0.15) is 6.10 Å². The largest absolute Gasteiger partial charge is 0.376 e. The number of rotatable bonds is 3. The first-order valence-electron chi connectivity index (χ1n) is 6.70. The van der Waals surface area contributed by atoms with Gasteiger partial charge in [-0.05, 0) is 13.3 Å². The summed E-state index contributed by atoms with van der Waals surface area (Å²) in [6.45, 7) is 5.84. The van der Waals surface area contributed by atoms with Gasteiger partial charge in [-0.3, -0.25) is 14.5 Å². The Bertz CT molecular complexity index is 418. The van der Waals surface area contributed by atoms with E-state index in [-0.39, 0.29) is 36.2 Å². The summed E-state index contributed by atoms with van der Waals surface area (Å²) in [4.78, 5) is 25.1. The van der Waals surface area contributed by atoms with Gasteiger partial charge in [0.2, 0.25) is 5.91 Å². The molecule has 106 valence electrons.